The van der Waals surface area contributed by atoms with Crippen molar-refractivity contribution in [2.24, 2.45) is 5.73 Å². The number of para-hydroxylation sites is 1. The molecule has 0 radical (unpaired) electrons. The number of furan rings is 1. The number of aromatic nitrogens is 1. The highest BCUT2D eigenvalue weighted by Gasteiger charge is 2.56. The average Bonchev–Trinajstić information content (AvgIpc) is 3.32. The Morgan fingerprint density at radius 2 is 1.79 bits per heavy atom. The third-order valence-electron chi connectivity index (χ3n) is 5.87. The molecule has 4 N–H and O–H groups in total. The number of halogens is 4. The first kappa shape index (κ1) is 27.6. The summed E-state index contributed by atoms with van der Waals surface area (Å²) in [6.07, 6.45) is -5.88. The lowest BCUT2D eigenvalue weighted by molar-refractivity contribution is -0.265. The van der Waals surface area contributed by atoms with Crippen molar-refractivity contribution in [3.05, 3.63) is 83.5 Å². The van der Waals surface area contributed by atoms with Gasteiger partial charge in [0, 0.05) is 16.5 Å². The Bertz CT molecular complexity index is 1490. The van der Waals surface area contributed by atoms with E-state index in [1.807, 2.05) is 0 Å². The van der Waals surface area contributed by atoms with Crippen molar-refractivity contribution in [2.45, 2.75) is 25.1 Å². The predicted octanol–water partition coefficient (Wildman–Crippen LogP) is 4.24. The minimum Gasteiger partial charge on any atom is -0.491 e. The van der Waals surface area contributed by atoms with Crippen LogP contribution in [0.3, 0.4) is 0 Å². The largest absolute Gasteiger partial charge is 0.491 e. The SMILES string of the molecule is CCOc1c(CC(N)=O)cc([C@@](O)(CNC(=O)c2cc3ccccc3o2)C(F)(F)F)nc1-c1ccc(F)cc1. The van der Waals surface area contributed by atoms with Crippen LogP contribution in [0.2, 0.25) is 0 Å². The summed E-state index contributed by atoms with van der Waals surface area (Å²) in [4.78, 5) is 28.5. The van der Waals surface area contributed by atoms with Crippen LogP contribution in [0.15, 0.2) is 65.1 Å². The van der Waals surface area contributed by atoms with E-state index in [-0.39, 0.29) is 34.9 Å². The van der Waals surface area contributed by atoms with E-state index in [1.165, 1.54) is 18.2 Å². The van der Waals surface area contributed by atoms with E-state index in [1.54, 1.807) is 31.2 Å². The lowest BCUT2D eigenvalue weighted by Gasteiger charge is -2.31. The zero-order chi connectivity index (χ0) is 28.4. The first-order chi connectivity index (χ1) is 18.4. The standard InChI is InChI=1S/C27H23F4N3O5/c1-2-38-24-17(13-22(32)35)12-21(34-23(24)15-7-9-18(28)10-8-15)26(37,27(29,30)31)14-33-25(36)20-11-16-5-3-4-6-19(16)39-20/h3-12,37H,2,13-14H2,1H3,(H2,32,35)(H,33,36)/t26-/m0/s1. The van der Waals surface area contributed by atoms with Crippen molar-refractivity contribution in [1.82, 2.24) is 10.3 Å². The van der Waals surface area contributed by atoms with Crippen molar-refractivity contribution in [3.63, 3.8) is 0 Å². The Kier molecular flexibility index (Phi) is 7.59. The molecular formula is C27H23F4N3O5. The van der Waals surface area contributed by atoms with E-state index in [0.717, 1.165) is 18.2 Å². The quantitative estimate of drug-likeness (QED) is 0.270. The minimum absolute atomic E-state index is 0.0532. The van der Waals surface area contributed by atoms with E-state index in [2.05, 4.69) is 10.3 Å². The molecule has 12 heteroatoms. The third kappa shape index (κ3) is 5.70. The van der Waals surface area contributed by atoms with Gasteiger partial charge in [0.15, 0.2) is 5.76 Å². The highest BCUT2D eigenvalue weighted by Crippen LogP contribution is 2.42. The fourth-order valence-electron chi connectivity index (χ4n) is 3.95. The van der Waals surface area contributed by atoms with Gasteiger partial charge in [-0.1, -0.05) is 18.2 Å². The maximum absolute atomic E-state index is 14.4. The summed E-state index contributed by atoms with van der Waals surface area (Å²) in [6.45, 7) is 0.320. The average molecular weight is 545 g/mol. The number of ether oxygens (including phenoxy) is 1. The first-order valence-corrected chi connectivity index (χ1v) is 11.7. The summed E-state index contributed by atoms with van der Waals surface area (Å²) < 4.78 is 67.7. The van der Waals surface area contributed by atoms with Crippen LogP contribution < -0.4 is 15.8 Å². The van der Waals surface area contributed by atoms with E-state index in [4.69, 9.17) is 14.9 Å². The molecule has 0 aliphatic heterocycles. The van der Waals surface area contributed by atoms with Crippen LogP contribution in [0, 0.1) is 5.82 Å². The molecule has 0 fully saturated rings. The minimum atomic E-state index is -5.33. The lowest BCUT2D eigenvalue weighted by atomic mass is 9.93. The Morgan fingerprint density at radius 3 is 2.41 bits per heavy atom. The Labute approximate surface area is 219 Å². The van der Waals surface area contributed by atoms with Gasteiger partial charge in [-0.2, -0.15) is 13.2 Å². The monoisotopic (exact) mass is 545 g/mol. The lowest BCUT2D eigenvalue weighted by Crippen LogP contribution is -2.51. The Hall–Kier alpha value is -4.45. The molecule has 2 aromatic heterocycles. The topological polar surface area (TPSA) is 128 Å². The molecule has 2 aromatic carbocycles. The summed E-state index contributed by atoms with van der Waals surface area (Å²) >= 11 is 0. The molecule has 1 atom stereocenters. The molecule has 0 aliphatic rings. The molecule has 204 valence electrons. The highest BCUT2D eigenvalue weighted by atomic mass is 19.4. The van der Waals surface area contributed by atoms with Crippen LogP contribution in [0.1, 0.15) is 28.7 Å². The summed E-state index contributed by atoms with van der Waals surface area (Å²) in [7, 11) is 0. The number of alkyl halides is 3. The Balaban J connectivity index is 1.79. The number of pyridine rings is 1. The second kappa shape index (κ2) is 10.7. The normalized spacial score (nSPS) is 13.2. The van der Waals surface area contributed by atoms with Gasteiger partial charge >= 0.3 is 6.18 Å². The first-order valence-electron chi connectivity index (χ1n) is 11.7. The number of aliphatic hydroxyl groups is 1. The number of primary amides is 1. The van der Waals surface area contributed by atoms with Crippen LogP contribution in [0.4, 0.5) is 17.6 Å². The van der Waals surface area contributed by atoms with Gasteiger partial charge < -0.3 is 25.3 Å². The third-order valence-corrected chi connectivity index (χ3v) is 5.87. The number of nitrogens with zero attached hydrogens (tertiary/aromatic N) is 1. The van der Waals surface area contributed by atoms with Crippen molar-refractivity contribution >= 4 is 22.8 Å². The second-order valence-corrected chi connectivity index (χ2v) is 8.62. The number of carbonyl (C=O) groups excluding carboxylic acids is 2. The number of amides is 2. The summed E-state index contributed by atoms with van der Waals surface area (Å²) in [6, 6.07) is 13.4. The van der Waals surface area contributed by atoms with Gasteiger partial charge in [-0.15, -0.1) is 0 Å². The number of benzene rings is 2. The number of nitrogens with two attached hydrogens (primary N) is 1. The number of rotatable bonds is 9. The van der Waals surface area contributed by atoms with Crippen LogP contribution in [-0.4, -0.2) is 41.2 Å². The molecule has 39 heavy (non-hydrogen) atoms. The molecule has 0 bridgehead atoms. The second-order valence-electron chi connectivity index (χ2n) is 8.62. The molecule has 0 unspecified atom stereocenters. The number of hydrogen-bond donors (Lipinski definition) is 3. The van der Waals surface area contributed by atoms with Crippen molar-refractivity contribution < 1.29 is 41.4 Å². The maximum atomic E-state index is 14.4. The molecule has 0 saturated heterocycles. The van der Waals surface area contributed by atoms with E-state index in [9.17, 15) is 32.3 Å². The smallest absolute Gasteiger partial charge is 0.424 e. The van der Waals surface area contributed by atoms with Gasteiger partial charge in [0.1, 0.15) is 22.8 Å². The summed E-state index contributed by atoms with van der Waals surface area (Å²) in [5.74, 6) is -2.81. The predicted molar refractivity (Wildman–Crippen MR) is 132 cm³/mol. The van der Waals surface area contributed by atoms with E-state index < -0.39 is 48.1 Å². The summed E-state index contributed by atoms with van der Waals surface area (Å²) in [5.41, 5.74) is 0.920. The molecule has 4 rings (SSSR count). The van der Waals surface area contributed by atoms with Gasteiger partial charge in [0.05, 0.1) is 25.3 Å². The highest BCUT2D eigenvalue weighted by molar-refractivity contribution is 5.96. The number of hydrogen-bond acceptors (Lipinski definition) is 6. The molecule has 0 spiro atoms. The van der Waals surface area contributed by atoms with E-state index in [0.29, 0.717) is 11.0 Å². The van der Waals surface area contributed by atoms with Gasteiger partial charge in [-0.05, 0) is 49.4 Å². The van der Waals surface area contributed by atoms with Gasteiger partial charge in [0.25, 0.3) is 5.91 Å². The number of carbonyl (C=O) groups is 2. The molecular weight excluding hydrogens is 522 g/mol. The number of fused-ring (bicyclic) bond motifs is 1. The summed E-state index contributed by atoms with van der Waals surface area (Å²) in [5, 5.41) is 13.6. The van der Waals surface area contributed by atoms with E-state index >= 15 is 0 Å². The fourth-order valence-corrected chi connectivity index (χ4v) is 3.95. The van der Waals surface area contributed by atoms with Gasteiger partial charge in [-0.3, -0.25) is 9.59 Å². The zero-order valence-electron chi connectivity index (χ0n) is 20.5. The molecule has 4 aromatic rings. The van der Waals surface area contributed by atoms with Crippen molar-refractivity contribution in [2.75, 3.05) is 13.2 Å². The molecule has 8 nitrogen and oxygen atoms in total. The van der Waals surface area contributed by atoms with Crippen molar-refractivity contribution in [1.29, 1.82) is 0 Å². The van der Waals surface area contributed by atoms with Crippen LogP contribution in [-0.2, 0) is 16.8 Å². The van der Waals surface area contributed by atoms with Gasteiger partial charge in [0.2, 0.25) is 11.5 Å². The zero-order valence-corrected chi connectivity index (χ0v) is 20.5. The van der Waals surface area contributed by atoms with Crippen molar-refractivity contribution in [3.8, 4) is 17.0 Å². The molecule has 2 heterocycles. The fraction of sp³-hybridized carbons (Fsp3) is 0.222. The molecule has 0 saturated carbocycles. The maximum Gasteiger partial charge on any atom is 0.424 e. The number of nitrogens with one attached hydrogen (secondary N) is 1. The Morgan fingerprint density at radius 1 is 1.10 bits per heavy atom. The molecule has 2 amide bonds. The molecule has 0 aliphatic carbocycles. The van der Waals surface area contributed by atoms with Crippen LogP contribution in [0.5, 0.6) is 5.75 Å². The van der Waals surface area contributed by atoms with Gasteiger partial charge in [-0.25, -0.2) is 9.37 Å². The van der Waals surface area contributed by atoms with Crippen LogP contribution >= 0.6 is 0 Å². The van der Waals surface area contributed by atoms with Crippen LogP contribution in [0.25, 0.3) is 22.2 Å².